The van der Waals surface area contributed by atoms with E-state index in [4.69, 9.17) is 4.74 Å². The van der Waals surface area contributed by atoms with Gasteiger partial charge in [-0.1, -0.05) is 20.3 Å². The molecule has 0 heterocycles. The third-order valence-electron chi connectivity index (χ3n) is 3.19. The van der Waals surface area contributed by atoms with Crippen molar-refractivity contribution >= 4 is 34.5 Å². The minimum atomic E-state index is -1.02. The van der Waals surface area contributed by atoms with Gasteiger partial charge in [0.1, 0.15) is 11.8 Å². The first-order valence-corrected chi connectivity index (χ1v) is 7.35. The summed E-state index contributed by atoms with van der Waals surface area (Å²) in [6.45, 7) is 3.70. The summed E-state index contributed by atoms with van der Waals surface area (Å²) in [4.78, 5) is 23.4. The number of methoxy groups -OCH3 is 1. The van der Waals surface area contributed by atoms with Crippen LogP contribution in [0.1, 0.15) is 30.6 Å². The van der Waals surface area contributed by atoms with Gasteiger partial charge in [0.15, 0.2) is 0 Å². The fourth-order valence-electron chi connectivity index (χ4n) is 1.71. The van der Waals surface area contributed by atoms with Gasteiger partial charge in [-0.25, -0.2) is 4.79 Å². The van der Waals surface area contributed by atoms with Crippen molar-refractivity contribution in [3.8, 4) is 5.75 Å². The zero-order valence-electron chi connectivity index (χ0n) is 11.6. The van der Waals surface area contributed by atoms with E-state index in [9.17, 15) is 14.7 Å². The van der Waals surface area contributed by atoms with Crippen LogP contribution in [0.25, 0.3) is 0 Å². The van der Waals surface area contributed by atoms with Gasteiger partial charge in [0.25, 0.3) is 5.91 Å². The summed E-state index contributed by atoms with van der Waals surface area (Å²) in [5, 5.41) is 11.8. The highest BCUT2D eigenvalue weighted by Gasteiger charge is 2.26. The summed E-state index contributed by atoms with van der Waals surface area (Å²) in [6, 6.07) is 4.15. The molecule has 1 aromatic carbocycles. The van der Waals surface area contributed by atoms with Crippen LogP contribution in [-0.2, 0) is 4.79 Å². The largest absolute Gasteiger partial charge is 0.497 e. The van der Waals surface area contributed by atoms with Crippen LogP contribution in [0.2, 0.25) is 0 Å². The Hall–Kier alpha value is -1.31. The molecule has 0 bridgehead atoms. The van der Waals surface area contributed by atoms with E-state index in [1.54, 1.807) is 32.2 Å². The van der Waals surface area contributed by atoms with E-state index < -0.39 is 12.0 Å². The molecule has 0 saturated carbocycles. The van der Waals surface area contributed by atoms with Crippen LogP contribution in [0.15, 0.2) is 18.2 Å². The molecule has 20 heavy (non-hydrogen) atoms. The zero-order valence-corrected chi connectivity index (χ0v) is 13.8. The Morgan fingerprint density at radius 1 is 1.45 bits per heavy atom. The van der Waals surface area contributed by atoms with Gasteiger partial charge in [-0.3, -0.25) is 4.79 Å². The van der Waals surface area contributed by atoms with Gasteiger partial charge < -0.3 is 15.2 Å². The van der Waals surface area contributed by atoms with E-state index in [-0.39, 0.29) is 11.8 Å². The van der Waals surface area contributed by atoms with Crippen molar-refractivity contribution in [2.75, 3.05) is 7.11 Å². The number of carboxylic acids is 1. The second kappa shape index (κ2) is 7.47. The Kier molecular flexibility index (Phi) is 6.25. The minimum Gasteiger partial charge on any atom is -0.497 e. The molecule has 2 N–H and O–H groups in total. The monoisotopic (exact) mass is 391 g/mol. The summed E-state index contributed by atoms with van der Waals surface area (Å²) in [7, 11) is 1.55. The Labute approximate surface area is 131 Å². The molecule has 0 aliphatic rings. The first-order chi connectivity index (χ1) is 9.40. The molecule has 0 saturated heterocycles. The highest BCUT2D eigenvalue weighted by atomic mass is 127. The van der Waals surface area contributed by atoms with Crippen molar-refractivity contribution in [3.63, 3.8) is 0 Å². The number of nitrogens with one attached hydrogen (secondary N) is 1. The Balaban J connectivity index is 2.92. The van der Waals surface area contributed by atoms with Gasteiger partial charge in [0.05, 0.1) is 12.7 Å². The lowest BCUT2D eigenvalue weighted by Gasteiger charge is -2.20. The van der Waals surface area contributed by atoms with Crippen molar-refractivity contribution in [1.82, 2.24) is 5.32 Å². The third-order valence-corrected chi connectivity index (χ3v) is 4.08. The van der Waals surface area contributed by atoms with Crippen LogP contribution in [0, 0.1) is 9.49 Å². The first-order valence-electron chi connectivity index (χ1n) is 6.27. The average molecular weight is 391 g/mol. The Morgan fingerprint density at radius 3 is 2.55 bits per heavy atom. The van der Waals surface area contributed by atoms with Gasteiger partial charge in [0, 0.05) is 3.57 Å². The topological polar surface area (TPSA) is 75.6 Å². The number of aliphatic carboxylic acids is 1. The second-order valence-corrected chi connectivity index (χ2v) is 5.68. The lowest BCUT2D eigenvalue weighted by atomic mass is 9.99. The highest BCUT2D eigenvalue weighted by molar-refractivity contribution is 14.1. The second-order valence-electron chi connectivity index (χ2n) is 4.52. The Morgan fingerprint density at radius 2 is 2.10 bits per heavy atom. The zero-order chi connectivity index (χ0) is 15.3. The van der Waals surface area contributed by atoms with Crippen LogP contribution in [0.5, 0.6) is 5.75 Å². The lowest BCUT2D eigenvalue weighted by Crippen LogP contribution is -2.45. The molecular weight excluding hydrogens is 373 g/mol. The number of carbonyl (C=O) groups excluding carboxylic acids is 1. The van der Waals surface area contributed by atoms with E-state index in [2.05, 4.69) is 5.32 Å². The van der Waals surface area contributed by atoms with Gasteiger partial charge in [0.2, 0.25) is 0 Å². The van der Waals surface area contributed by atoms with Gasteiger partial charge in [-0.05, 0) is 46.7 Å². The predicted molar refractivity (Wildman–Crippen MR) is 84.1 cm³/mol. The number of carboxylic acid groups (broad SMARTS) is 1. The maximum Gasteiger partial charge on any atom is 0.326 e. The van der Waals surface area contributed by atoms with Gasteiger partial charge in [-0.15, -0.1) is 0 Å². The molecule has 0 spiro atoms. The smallest absolute Gasteiger partial charge is 0.326 e. The van der Waals surface area contributed by atoms with Crippen molar-refractivity contribution in [3.05, 3.63) is 27.3 Å². The molecule has 0 fully saturated rings. The molecule has 2 atom stereocenters. The number of carbonyl (C=O) groups is 2. The molecule has 0 aromatic heterocycles. The molecule has 1 aromatic rings. The molecule has 1 amide bonds. The molecule has 5 nitrogen and oxygen atoms in total. The van der Waals surface area contributed by atoms with Crippen LogP contribution >= 0.6 is 22.6 Å². The molecule has 2 unspecified atom stereocenters. The quantitative estimate of drug-likeness (QED) is 0.731. The van der Waals surface area contributed by atoms with Crippen LogP contribution in [0.3, 0.4) is 0 Å². The highest BCUT2D eigenvalue weighted by Crippen LogP contribution is 2.20. The first kappa shape index (κ1) is 16.7. The van der Waals surface area contributed by atoms with Gasteiger partial charge >= 0.3 is 5.97 Å². The summed E-state index contributed by atoms with van der Waals surface area (Å²) >= 11 is 2.03. The van der Waals surface area contributed by atoms with Gasteiger partial charge in [-0.2, -0.15) is 0 Å². The fourth-order valence-corrected chi connectivity index (χ4v) is 2.44. The lowest BCUT2D eigenvalue weighted by molar-refractivity contribution is -0.140. The number of benzene rings is 1. The van der Waals surface area contributed by atoms with Crippen molar-refractivity contribution in [2.24, 2.45) is 5.92 Å². The van der Waals surface area contributed by atoms with E-state index >= 15 is 0 Å². The number of amides is 1. The average Bonchev–Trinajstić information content (AvgIpc) is 2.43. The summed E-state index contributed by atoms with van der Waals surface area (Å²) < 4.78 is 5.79. The molecule has 0 aliphatic carbocycles. The standard InChI is InChI=1S/C14H18INO4/c1-4-8(2)12(14(18)19)16-13(17)10-6-5-9(20-3)7-11(10)15/h5-8,12H,4H2,1-3H3,(H,16,17)(H,18,19). The molecular formula is C14H18INO4. The molecule has 6 heteroatoms. The van der Waals surface area contributed by atoms with E-state index in [0.717, 1.165) is 0 Å². The number of rotatable bonds is 6. The fraction of sp³-hybridized carbons (Fsp3) is 0.429. The van der Waals surface area contributed by atoms with Crippen molar-refractivity contribution in [1.29, 1.82) is 0 Å². The Bertz CT molecular complexity index is 504. The predicted octanol–water partition coefficient (Wildman–Crippen LogP) is 2.53. The molecule has 110 valence electrons. The summed E-state index contributed by atoms with van der Waals surface area (Å²) in [5.41, 5.74) is 0.445. The molecule has 0 radical (unpaired) electrons. The number of ether oxygens (including phenoxy) is 1. The molecule has 1 rings (SSSR count). The van der Waals surface area contributed by atoms with Crippen molar-refractivity contribution < 1.29 is 19.4 Å². The third kappa shape index (κ3) is 4.09. The minimum absolute atomic E-state index is 0.132. The van der Waals surface area contributed by atoms with Crippen molar-refractivity contribution in [2.45, 2.75) is 26.3 Å². The SMILES string of the molecule is CCC(C)C(NC(=O)c1ccc(OC)cc1I)C(=O)O. The maximum atomic E-state index is 12.2. The molecule has 0 aliphatic heterocycles. The maximum absolute atomic E-state index is 12.2. The summed E-state index contributed by atoms with van der Waals surface area (Å²) in [5.74, 6) is -0.879. The van der Waals surface area contributed by atoms with E-state index in [0.29, 0.717) is 21.3 Å². The number of halogens is 1. The van der Waals surface area contributed by atoms with E-state index in [1.165, 1.54) is 0 Å². The number of hydrogen-bond donors (Lipinski definition) is 2. The van der Waals surface area contributed by atoms with E-state index in [1.807, 2.05) is 29.5 Å². The van der Waals surface area contributed by atoms with Crippen LogP contribution in [-0.4, -0.2) is 30.1 Å². The summed E-state index contributed by atoms with van der Waals surface area (Å²) in [6.07, 6.45) is 0.678. The van der Waals surface area contributed by atoms with Crippen LogP contribution < -0.4 is 10.1 Å². The normalized spacial score (nSPS) is 13.4. The number of hydrogen-bond acceptors (Lipinski definition) is 3. The van der Waals surface area contributed by atoms with Crippen LogP contribution in [0.4, 0.5) is 0 Å².